The number of nitro groups is 1. The molecule has 0 aromatic heterocycles. The van der Waals surface area contributed by atoms with Gasteiger partial charge in [-0.2, -0.15) is 0 Å². The molecular formula is C17H17Cl2N3O3. The fourth-order valence-electron chi connectivity index (χ4n) is 2.32. The van der Waals surface area contributed by atoms with E-state index in [1.165, 1.54) is 18.2 Å². The zero-order valence-corrected chi connectivity index (χ0v) is 15.3. The van der Waals surface area contributed by atoms with Crippen molar-refractivity contribution in [3.63, 3.8) is 0 Å². The maximum atomic E-state index is 12.2. The molecule has 0 saturated carbocycles. The molecule has 0 aliphatic carbocycles. The van der Waals surface area contributed by atoms with Gasteiger partial charge in [0, 0.05) is 34.4 Å². The summed E-state index contributed by atoms with van der Waals surface area (Å²) in [6.07, 6.45) is 0. The molecule has 0 saturated heterocycles. The van der Waals surface area contributed by atoms with Crippen molar-refractivity contribution >= 4 is 40.5 Å². The number of nitro benzene ring substituents is 1. The summed E-state index contributed by atoms with van der Waals surface area (Å²) in [6, 6.07) is 9.54. The van der Waals surface area contributed by atoms with Crippen molar-refractivity contribution in [2.24, 2.45) is 0 Å². The number of nitrogens with one attached hydrogen (secondary N) is 1. The standard InChI is InChI=1S/C17H17Cl2N3O3/c1-11-14(18)4-3-5-16(11)20-17(23)10-21(2)9-12-8-13(22(24)25)6-7-15(12)19/h3-8H,9-10H2,1-2H3,(H,20,23). The number of hydrogen-bond acceptors (Lipinski definition) is 4. The number of amides is 1. The van der Waals surface area contributed by atoms with E-state index in [1.807, 2.05) is 6.92 Å². The minimum atomic E-state index is -0.478. The number of likely N-dealkylation sites (N-methyl/N-ethyl adjacent to an activating group) is 1. The molecule has 0 radical (unpaired) electrons. The van der Waals surface area contributed by atoms with Crippen molar-refractivity contribution in [1.29, 1.82) is 0 Å². The highest BCUT2D eigenvalue weighted by atomic mass is 35.5. The molecule has 2 aromatic rings. The van der Waals surface area contributed by atoms with Crippen LogP contribution in [0.25, 0.3) is 0 Å². The molecule has 0 aliphatic heterocycles. The van der Waals surface area contributed by atoms with E-state index in [9.17, 15) is 14.9 Å². The van der Waals surface area contributed by atoms with Gasteiger partial charge in [0.15, 0.2) is 0 Å². The average molecular weight is 382 g/mol. The lowest BCUT2D eigenvalue weighted by Gasteiger charge is -2.17. The molecule has 8 heteroatoms. The number of carbonyl (C=O) groups is 1. The minimum Gasteiger partial charge on any atom is -0.325 e. The van der Waals surface area contributed by atoms with Crippen LogP contribution in [0.2, 0.25) is 10.0 Å². The van der Waals surface area contributed by atoms with E-state index < -0.39 is 4.92 Å². The third-order valence-corrected chi connectivity index (χ3v) is 4.41. The molecule has 0 heterocycles. The summed E-state index contributed by atoms with van der Waals surface area (Å²) >= 11 is 12.1. The van der Waals surface area contributed by atoms with Crippen molar-refractivity contribution in [2.45, 2.75) is 13.5 Å². The molecule has 1 amide bonds. The fraction of sp³-hybridized carbons (Fsp3) is 0.235. The molecular weight excluding hydrogens is 365 g/mol. The Hall–Kier alpha value is -2.15. The molecule has 0 spiro atoms. The van der Waals surface area contributed by atoms with E-state index in [-0.39, 0.29) is 18.1 Å². The first-order valence-electron chi connectivity index (χ1n) is 7.44. The van der Waals surface area contributed by atoms with Gasteiger partial charge in [-0.1, -0.05) is 29.3 Å². The second-order valence-electron chi connectivity index (χ2n) is 5.67. The van der Waals surface area contributed by atoms with E-state index in [0.717, 1.165) is 5.56 Å². The lowest BCUT2D eigenvalue weighted by atomic mass is 10.2. The van der Waals surface area contributed by atoms with Crippen LogP contribution in [-0.4, -0.2) is 29.3 Å². The van der Waals surface area contributed by atoms with Gasteiger partial charge in [0.05, 0.1) is 11.5 Å². The Morgan fingerprint density at radius 1 is 1.24 bits per heavy atom. The van der Waals surface area contributed by atoms with Gasteiger partial charge >= 0.3 is 0 Å². The maximum absolute atomic E-state index is 12.2. The highest BCUT2D eigenvalue weighted by molar-refractivity contribution is 6.32. The molecule has 0 bridgehead atoms. The molecule has 132 valence electrons. The fourth-order valence-corrected chi connectivity index (χ4v) is 2.67. The third kappa shape index (κ3) is 5.16. The SMILES string of the molecule is Cc1c(Cl)cccc1NC(=O)CN(C)Cc1cc([N+](=O)[O-])ccc1Cl. The van der Waals surface area contributed by atoms with Gasteiger partial charge in [-0.3, -0.25) is 19.8 Å². The smallest absolute Gasteiger partial charge is 0.269 e. The van der Waals surface area contributed by atoms with Gasteiger partial charge in [0.25, 0.3) is 5.69 Å². The number of nitrogens with zero attached hydrogens (tertiary/aromatic N) is 2. The number of hydrogen-bond donors (Lipinski definition) is 1. The minimum absolute atomic E-state index is 0.0354. The number of benzene rings is 2. The summed E-state index contributed by atoms with van der Waals surface area (Å²) in [5.74, 6) is -0.214. The van der Waals surface area contributed by atoms with E-state index in [4.69, 9.17) is 23.2 Å². The predicted octanol–water partition coefficient (Wildman–Crippen LogP) is 4.28. The predicted molar refractivity (Wildman–Crippen MR) is 99.3 cm³/mol. The Morgan fingerprint density at radius 3 is 2.64 bits per heavy atom. The first kappa shape index (κ1) is 19.2. The van der Waals surface area contributed by atoms with Gasteiger partial charge in [-0.05, 0) is 43.3 Å². The van der Waals surface area contributed by atoms with Crippen molar-refractivity contribution in [2.75, 3.05) is 18.9 Å². The topological polar surface area (TPSA) is 75.5 Å². The number of rotatable bonds is 6. The molecule has 1 N–H and O–H groups in total. The zero-order valence-electron chi connectivity index (χ0n) is 13.8. The van der Waals surface area contributed by atoms with Crippen LogP contribution in [-0.2, 0) is 11.3 Å². The van der Waals surface area contributed by atoms with Gasteiger partial charge < -0.3 is 5.32 Å². The summed E-state index contributed by atoms with van der Waals surface area (Å²) in [5, 5.41) is 14.7. The Bertz CT molecular complexity index is 812. The summed E-state index contributed by atoms with van der Waals surface area (Å²) in [6.45, 7) is 2.23. The monoisotopic (exact) mass is 381 g/mol. The second-order valence-corrected chi connectivity index (χ2v) is 6.48. The van der Waals surface area contributed by atoms with Crippen LogP contribution in [0.1, 0.15) is 11.1 Å². The maximum Gasteiger partial charge on any atom is 0.269 e. The Balaban J connectivity index is 2.01. The van der Waals surface area contributed by atoms with Crippen molar-refractivity contribution in [3.05, 3.63) is 67.7 Å². The molecule has 6 nitrogen and oxygen atoms in total. The van der Waals surface area contributed by atoms with Crippen LogP contribution < -0.4 is 5.32 Å². The molecule has 0 fully saturated rings. The van der Waals surface area contributed by atoms with Crippen LogP contribution in [0.15, 0.2) is 36.4 Å². The van der Waals surface area contributed by atoms with Crippen LogP contribution >= 0.6 is 23.2 Å². The van der Waals surface area contributed by atoms with Gasteiger partial charge in [0.1, 0.15) is 0 Å². The highest BCUT2D eigenvalue weighted by Crippen LogP contribution is 2.24. The van der Waals surface area contributed by atoms with E-state index >= 15 is 0 Å². The van der Waals surface area contributed by atoms with Crippen molar-refractivity contribution in [3.8, 4) is 0 Å². The molecule has 2 rings (SSSR count). The van der Waals surface area contributed by atoms with Crippen LogP contribution in [0.3, 0.4) is 0 Å². The number of non-ortho nitro benzene ring substituents is 1. The summed E-state index contributed by atoms with van der Waals surface area (Å²) in [4.78, 5) is 24.3. The molecule has 0 atom stereocenters. The molecule has 2 aromatic carbocycles. The number of anilines is 1. The van der Waals surface area contributed by atoms with Crippen LogP contribution in [0, 0.1) is 17.0 Å². The Kier molecular flexibility index (Phi) is 6.36. The lowest BCUT2D eigenvalue weighted by molar-refractivity contribution is -0.384. The zero-order chi connectivity index (χ0) is 18.6. The van der Waals surface area contributed by atoms with E-state index in [0.29, 0.717) is 27.8 Å². The molecule has 0 unspecified atom stereocenters. The first-order valence-corrected chi connectivity index (χ1v) is 8.20. The van der Waals surface area contributed by atoms with E-state index in [2.05, 4.69) is 5.32 Å². The van der Waals surface area contributed by atoms with Gasteiger partial charge in [-0.15, -0.1) is 0 Å². The number of carbonyl (C=O) groups excluding carboxylic acids is 1. The largest absolute Gasteiger partial charge is 0.325 e. The van der Waals surface area contributed by atoms with Crippen LogP contribution in [0.4, 0.5) is 11.4 Å². The van der Waals surface area contributed by atoms with E-state index in [1.54, 1.807) is 30.1 Å². The normalized spacial score (nSPS) is 10.8. The van der Waals surface area contributed by atoms with Crippen molar-refractivity contribution < 1.29 is 9.72 Å². The molecule has 25 heavy (non-hydrogen) atoms. The molecule has 0 aliphatic rings. The highest BCUT2D eigenvalue weighted by Gasteiger charge is 2.14. The Labute approximate surface area is 155 Å². The number of halogens is 2. The van der Waals surface area contributed by atoms with Gasteiger partial charge in [-0.25, -0.2) is 0 Å². The average Bonchev–Trinajstić information content (AvgIpc) is 2.53. The summed E-state index contributed by atoms with van der Waals surface area (Å²) in [5.41, 5.74) is 2.00. The lowest BCUT2D eigenvalue weighted by Crippen LogP contribution is -2.30. The quantitative estimate of drug-likeness (QED) is 0.598. The van der Waals surface area contributed by atoms with Crippen LogP contribution in [0.5, 0.6) is 0 Å². The first-order chi connectivity index (χ1) is 11.8. The van der Waals surface area contributed by atoms with Crippen molar-refractivity contribution in [1.82, 2.24) is 4.90 Å². The second kappa shape index (κ2) is 8.29. The van der Waals surface area contributed by atoms with Gasteiger partial charge in [0.2, 0.25) is 5.91 Å². The third-order valence-electron chi connectivity index (χ3n) is 3.64. The summed E-state index contributed by atoms with van der Waals surface area (Å²) < 4.78 is 0. The Morgan fingerprint density at radius 2 is 1.96 bits per heavy atom. The summed E-state index contributed by atoms with van der Waals surface area (Å²) in [7, 11) is 1.74.